The molecule has 6 aromatic rings. The Morgan fingerprint density at radius 3 is 1.57 bits per heavy atom. The van der Waals surface area contributed by atoms with E-state index in [0.29, 0.717) is 11.6 Å². The zero-order valence-corrected chi connectivity index (χ0v) is 21.0. The van der Waals surface area contributed by atoms with Crippen LogP contribution in [-0.4, -0.2) is 24.9 Å². The lowest BCUT2D eigenvalue weighted by Crippen LogP contribution is -1.97. The second kappa shape index (κ2) is 8.88. The van der Waals surface area contributed by atoms with Crippen LogP contribution in [-0.2, 0) is 0 Å². The molecule has 4 N–H and O–H groups in total. The molecule has 2 aliphatic rings. The van der Waals surface area contributed by atoms with Crippen LogP contribution in [0.4, 0.5) is 23.3 Å². The van der Waals surface area contributed by atoms with Crippen molar-refractivity contribution in [1.29, 1.82) is 0 Å². The van der Waals surface area contributed by atoms with Crippen molar-refractivity contribution < 1.29 is 8.83 Å². The van der Waals surface area contributed by atoms with Crippen LogP contribution in [0.5, 0.6) is 0 Å². The van der Waals surface area contributed by atoms with E-state index in [1.165, 1.54) is 6.33 Å². The molecule has 8 rings (SSSR count). The first-order valence-corrected chi connectivity index (χ1v) is 12.7. The molecule has 0 unspecified atom stereocenters. The number of aromatic amines is 2. The monoisotopic (exact) mass is 523 g/mol. The molecule has 2 aliphatic heterocycles. The molecule has 2 aromatic carbocycles. The highest BCUT2D eigenvalue weighted by Crippen LogP contribution is 2.40. The van der Waals surface area contributed by atoms with Gasteiger partial charge in [-0.25, -0.2) is 9.97 Å². The van der Waals surface area contributed by atoms with Gasteiger partial charge in [-0.2, -0.15) is 0 Å². The average Bonchev–Trinajstić information content (AvgIpc) is 3.80. The number of hydrogen-bond acceptors (Lipinski definition) is 7. The van der Waals surface area contributed by atoms with E-state index in [1.54, 1.807) is 24.9 Å². The Morgan fingerprint density at radius 2 is 1.05 bits per heavy atom. The summed E-state index contributed by atoms with van der Waals surface area (Å²) >= 11 is 0. The van der Waals surface area contributed by atoms with Gasteiger partial charge in [0.25, 0.3) is 0 Å². The minimum atomic E-state index is 0.622. The zero-order chi connectivity index (χ0) is 26.5. The topological polar surface area (TPSA) is 121 Å². The molecule has 0 fully saturated rings. The van der Waals surface area contributed by atoms with Crippen molar-refractivity contribution in [3.8, 4) is 33.4 Å². The zero-order valence-electron chi connectivity index (χ0n) is 21.0. The average molecular weight is 524 g/mol. The number of nitrogens with one attached hydrogen (secondary N) is 4. The minimum absolute atomic E-state index is 0.622. The van der Waals surface area contributed by atoms with E-state index in [4.69, 9.17) is 8.83 Å². The van der Waals surface area contributed by atoms with Gasteiger partial charge in [0.15, 0.2) is 0 Å². The third-order valence-electron chi connectivity index (χ3n) is 7.10. The maximum absolute atomic E-state index is 5.78. The van der Waals surface area contributed by atoms with Crippen molar-refractivity contribution in [1.82, 2.24) is 24.9 Å². The van der Waals surface area contributed by atoms with Crippen molar-refractivity contribution in [2.24, 2.45) is 0 Å². The lowest BCUT2D eigenvalue weighted by molar-refractivity contribution is 0.616. The van der Waals surface area contributed by atoms with Gasteiger partial charge < -0.3 is 29.4 Å². The first-order valence-electron chi connectivity index (χ1n) is 12.7. The van der Waals surface area contributed by atoms with Gasteiger partial charge in [-0.15, -0.1) is 0 Å². The summed E-state index contributed by atoms with van der Waals surface area (Å²) < 4.78 is 11.6. The third-order valence-corrected chi connectivity index (χ3v) is 7.10. The molecule has 0 saturated heterocycles. The van der Waals surface area contributed by atoms with E-state index in [-0.39, 0.29) is 0 Å². The van der Waals surface area contributed by atoms with Gasteiger partial charge in [-0.05, 0) is 24.3 Å². The van der Waals surface area contributed by atoms with E-state index in [9.17, 15) is 0 Å². The first-order chi connectivity index (χ1) is 19.8. The lowest BCUT2D eigenvalue weighted by Gasteiger charge is -2.10. The summed E-state index contributed by atoms with van der Waals surface area (Å²) in [6.07, 6.45) is 12.4. The van der Waals surface area contributed by atoms with Crippen molar-refractivity contribution in [3.05, 3.63) is 104 Å². The van der Waals surface area contributed by atoms with Crippen molar-refractivity contribution in [2.75, 3.05) is 10.6 Å². The van der Waals surface area contributed by atoms with Crippen LogP contribution in [0.3, 0.4) is 0 Å². The van der Waals surface area contributed by atoms with Gasteiger partial charge >= 0.3 is 0 Å². The number of hydrogen-bond donors (Lipinski definition) is 4. The van der Waals surface area contributed by atoms with Crippen LogP contribution < -0.4 is 10.6 Å². The second-order valence-corrected chi connectivity index (χ2v) is 9.38. The number of furan rings is 2. The van der Waals surface area contributed by atoms with Gasteiger partial charge in [0.2, 0.25) is 0 Å². The van der Waals surface area contributed by atoms with Crippen LogP contribution in [0, 0.1) is 0 Å². The summed E-state index contributed by atoms with van der Waals surface area (Å²) in [5.74, 6) is 2.83. The highest BCUT2D eigenvalue weighted by Gasteiger charge is 2.20. The first kappa shape index (κ1) is 22.2. The Bertz CT molecular complexity index is 1950. The standard InChI is InChI=1S/C31H21N7O2/c1-3-7-26-18(5-1)24(15-39-26)20-9-11-33-28(20)37-30-22-13-32-14-23(22)31(36-17-35-30)38-29-21(10-12-34-29)25-16-40-27-8-4-2-6-19(25)27/h1-17,33-34H,(H2,35,36,37,38). The molecular formula is C31H21N7O2. The Labute approximate surface area is 227 Å². The van der Waals surface area contributed by atoms with Crippen molar-refractivity contribution in [3.63, 3.8) is 0 Å². The van der Waals surface area contributed by atoms with Gasteiger partial charge in [0.1, 0.15) is 40.8 Å². The lowest BCUT2D eigenvalue weighted by atomic mass is 10.1. The molecule has 0 amide bonds. The summed E-state index contributed by atoms with van der Waals surface area (Å²) in [6.45, 7) is 0. The van der Waals surface area contributed by atoms with Crippen LogP contribution in [0.1, 0.15) is 0 Å². The summed E-state index contributed by atoms with van der Waals surface area (Å²) in [5, 5.41) is 8.99. The number of rotatable bonds is 6. The molecule has 0 bridgehead atoms. The molecule has 192 valence electrons. The molecule has 0 spiro atoms. The Hall–Kier alpha value is -5.83. The van der Waals surface area contributed by atoms with Crippen LogP contribution in [0.15, 0.2) is 113 Å². The second-order valence-electron chi connectivity index (χ2n) is 9.38. The summed E-state index contributed by atoms with van der Waals surface area (Å²) in [4.78, 5) is 20.3. The number of nitrogens with zero attached hydrogens (tertiary/aromatic N) is 3. The normalized spacial score (nSPS) is 11.5. The van der Waals surface area contributed by atoms with E-state index in [0.717, 1.165) is 67.0 Å². The predicted octanol–water partition coefficient (Wildman–Crippen LogP) is 7.95. The molecule has 0 radical (unpaired) electrons. The molecule has 6 heterocycles. The molecule has 9 nitrogen and oxygen atoms in total. The fourth-order valence-electron chi connectivity index (χ4n) is 5.19. The Morgan fingerprint density at radius 1 is 0.550 bits per heavy atom. The number of aromatic nitrogens is 5. The number of fused-ring (bicyclic) bond motifs is 3. The maximum Gasteiger partial charge on any atom is 0.142 e. The predicted molar refractivity (Wildman–Crippen MR) is 155 cm³/mol. The maximum atomic E-state index is 5.78. The number of para-hydroxylation sites is 2. The fourth-order valence-corrected chi connectivity index (χ4v) is 5.19. The third kappa shape index (κ3) is 3.52. The van der Waals surface area contributed by atoms with E-state index < -0.39 is 0 Å². The largest absolute Gasteiger partial charge is 0.464 e. The quantitative estimate of drug-likeness (QED) is 0.174. The van der Waals surface area contributed by atoms with Gasteiger partial charge in [0, 0.05) is 68.9 Å². The molecule has 0 saturated carbocycles. The molecule has 0 aliphatic carbocycles. The van der Waals surface area contributed by atoms with Crippen molar-refractivity contribution >= 4 is 45.2 Å². The summed E-state index contributed by atoms with van der Waals surface area (Å²) in [6, 6.07) is 20.0. The molecule has 40 heavy (non-hydrogen) atoms. The number of anilines is 4. The Balaban J connectivity index is 1.13. The fraction of sp³-hybridized carbons (Fsp3) is 0. The summed E-state index contributed by atoms with van der Waals surface area (Å²) in [7, 11) is 0. The van der Waals surface area contributed by atoms with Crippen LogP contribution >= 0.6 is 0 Å². The number of benzene rings is 2. The molecular weight excluding hydrogens is 502 g/mol. The Kier molecular flexibility index (Phi) is 4.92. The smallest absolute Gasteiger partial charge is 0.142 e. The molecule has 0 atom stereocenters. The van der Waals surface area contributed by atoms with Crippen molar-refractivity contribution in [2.45, 2.75) is 0 Å². The summed E-state index contributed by atoms with van der Waals surface area (Å²) in [5.41, 5.74) is 7.23. The van der Waals surface area contributed by atoms with Gasteiger partial charge in [0.05, 0.1) is 12.5 Å². The highest BCUT2D eigenvalue weighted by atomic mass is 16.3. The minimum Gasteiger partial charge on any atom is -0.464 e. The van der Waals surface area contributed by atoms with E-state index >= 15 is 0 Å². The number of H-pyrrole nitrogens is 2. The van der Waals surface area contributed by atoms with Crippen LogP contribution in [0.2, 0.25) is 0 Å². The van der Waals surface area contributed by atoms with Gasteiger partial charge in [-0.3, -0.25) is 4.98 Å². The van der Waals surface area contributed by atoms with E-state index in [2.05, 4.69) is 35.6 Å². The molecule has 4 aromatic heterocycles. The highest BCUT2D eigenvalue weighted by molar-refractivity contribution is 5.99. The van der Waals surface area contributed by atoms with Gasteiger partial charge in [-0.1, -0.05) is 36.4 Å². The SMILES string of the molecule is c1ccc2c(-c3cc[nH]c3Nc3ncnc(Nc4[nH]ccc4-c4coc5ccccc45)c4cncc3-4)coc2c1. The van der Waals surface area contributed by atoms with E-state index in [1.807, 2.05) is 73.1 Å². The van der Waals surface area contributed by atoms with Crippen LogP contribution in [0.25, 0.3) is 55.3 Å². The molecule has 9 heteroatoms.